The van der Waals surface area contributed by atoms with Gasteiger partial charge in [0.25, 0.3) is 0 Å². The lowest BCUT2D eigenvalue weighted by atomic mass is 10.0. The number of rotatable bonds is 6. The van der Waals surface area contributed by atoms with Gasteiger partial charge in [-0.25, -0.2) is 9.37 Å². The third-order valence-corrected chi connectivity index (χ3v) is 6.04. The van der Waals surface area contributed by atoms with E-state index in [1.807, 2.05) is 35.2 Å². The van der Waals surface area contributed by atoms with E-state index in [0.29, 0.717) is 24.2 Å². The predicted molar refractivity (Wildman–Crippen MR) is 109 cm³/mol. The number of hydrogen-bond donors (Lipinski definition) is 3. The summed E-state index contributed by atoms with van der Waals surface area (Å²) in [5.41, 5.74) is 6.58. The molecule has 3 unspecified atom stereocenters. The summed E-state index contributed by atoms with van der Waals surface area (Å²) in [5, 5.41) is 10.6. The summed E-state index contributed by atoms with van der Waals surface area (Å²) in [4.78, 5) is 23.0. The van der Waals surface area contributed by atoms with Crippen molar-refractivity contribution < 1.29 is 9.18 Å². The Kier molecular flexibility index (Phi) is 5.42. The van der Waals surface area contributed by atoms with Gasteiger partial charge in [0.05, 0.1) is 12.2 Å². The number of hydrogen-bond acceptors (Lipinski definition) is 6. The second-order valence-electron chi connectivity index (χ2n) is 7.91. The monoisotopic (exact) mass is 396 g/mol. The molecule has 2 heterocycles. The van der Waals surface area contributed by atoms with Crippen molar-refractivity contribution in [1.29, 1.82) is 5.41 Å². The number of carbonyl (C=O) groups excluding carboxylic acids is 1. The highest BCUT2D eigenvalue weighted by Gasteiger charge is 2.44. The van der Waals surface area contributed by atoms with Gasteiger partial charge in [0, 0.05) is 25.4 Å². The van der Waals surface area contributed by atoms with Crippen molar-refractivity contribution in [2.24, 2.45) is 17.8 Å². The smallest absolute Gasteiger partial charge is 0.227 e. The van der Waals surface area contributed by atoms with Gasteiger partial charge < -0.3 is 21.4 Å². The summed E-state index contributed by atoms with van der Waals surface area (Å²) in [6.07, 6.45) is 4.56. The third-order valence-electron chi connectivity index (χ3n) is 6.04. The van der Waals surface area contributed by atoms with Gasteiger partial charge in [0.1, 0.15) is 0 Å². The number of nitrogen functional groups attached to an aromatic ring is 1. The molecule has 4 N–H and O–H groups in total. The first-order chi connectivity index (χ1) is 14.0. The molecule has 1 aromatic carbocycles. The van der Waals surface area contributed by atoms with Crippen molar-refractivity contribution in [3.8, 4) is 0 Å². The van der Waals surface area contributed by atoms with Gasteiger partial charge in [-0.3, -0.25) is 4.79 Å². The van der Waals surface area contributed by atoms with E-state index in [1.54, 1.807) is 0 Å². The van der Waals surface area contributed by atoms with Crippen LogP contribution in [0.3, 0.4) is 0 Å². The van der Waals surface area contributed by atoms with Crippen molar-refractivity contribution in [3.63, 3.8) is 0 Å². The highest BCUT2D eigenvalue weighted by Crippen LogP contribution is 2.42. The number of anilines is 2. The molecule has 4 rings (SSSR count). The largest absolute Gasteiger partial charge is 0.381 e. The maximum Gasteiger partial charge on any atom is 0.227 e. The Morgan fingerprint density at radius 1 is 1.31 bits per heavy atom. The normalized spacial score (nSPS) is 24.2. The number of amides is 1. The zero-order chi connectivity index (χ0) is 20.4. The highest BCUT2D eigenvalue weighted by molar-refractivity contribution is 5.80. The van der Waals surface area contributed by atoms with Crippen LogP contribution in [0.15, 0.2) is 36.5 Å². The minimum Gasteiger partial charge on any atom is -0.381 e. The molecule has 0 radical (unpaired) electrons. The minimum atomic E-state index is -0.609. The zero-order valence-electron chi connectivity index (χ0n) is 16.1. The number of nitrogens with one attached hydrogen (secondary N) is 2. The van der Waals surface area contributed by atoms with Gasteiger partial charge in [-0.15, -0.1) is 0 Å². The number of benzene rings is 1. The second kappa shape index (κ2) is 8.14. The Hall–Kier alpha value is -3.03. The summed E-state index contributed by atoms with van der Waals surface area (Å²) in [6.45, 7) is 1.50. The fourth-order valence-corrected chi connectivity index (χ4v) is 4.57. The van der Waals surface area contributed by atoms with Crippen LogP contribution in [0.2, 0.25) is 0 Å². The Balaban J connectivity index is 1.36. The first kappa shape index (κ1) is 19.3. The van der Waals surface area contributed by atoms with Crippen LogP contribution in [0.5, 0.6) is 0 Å². The molecule has 8 heteroatoms. The minimum absolute atomic E-state index is 0.0247. The molecule has 1 amide bonds. The summed E-state index contributed by atoms with van der Waals surface area (Å²) in [7, 11) is 0. The van der Waals surface area contributed by atoms with Crippen LogP contribution >= 0.6 is 0 Å². The quantitative estimate of drug-likeness (QED) is 0.651. The molecule has 1 aromatic heterocycles. The first-order valence-corrected chi connectivity index (χ1v) is 9.92. The number of halogens is 1. The summed E-state index contributed by atoms with van der Waals surface area (Å²) in [6, 6.07) is 9.60. The van der Waals surface area contributed by atoms with Crippen molar-refractivity contribution in [2.45, 2.75) is 25.3 Å². The van der Waals surface area contributed by atoms with Crippen molar-refractivity contribution in [1.82, 2.24) is 15.3 Å². The molecule has 2 aliphatic rings. The van der Waals surface area contributed by atoms with Crippen LogP contribution in [0.1, 0.15) is 30.9 Å². The average Bonchev–Trinajstić information content (AvgIpc) is 3.30. The van der Waals surface area contributed by atoms with E-state index < -0.39 is 5.82 Å². The van der Waals surface area contributed by atoms with Gasteiger partial charge in [-0.2, -0.15) is 4.98 Å². The molecule has 2 fully saturated rings. The lowest BCUT2D eigenvalue weighted by molar-refractivity contribution is -0.125. The number of carbonyl (C=O) groups is 1. The molecule has 2 aromatic rings. The second-order valence-corrected chi connectivity index (χ2v) is 7.91. The van der Waals surface area contributed by atoms with E-state index in [-0.39, 0.29) is 23.7 Å². The summed E-state index contributed by atoms with van der Waals surface area (Å²) >= 11 is 0. The van der Waals surface area contributed by atoms with Crippen LogP contribution in [0.25, 0.3) is 0 Å². The standard InChI is InChI=1S/C21H25FN6O/c22-17-10-25-21(27-19(17)24)28-11-15-8-14(9-16(15)12-28)20(29)26-18(6-7-23)13-4-2-1-3-5-13/h1-5,7,10,14-16,18,23H,6,8-9,11-12H2,(H,26,29)(H2,24,25,27). The molecular formula is C21H25FN6O. The highest BCUT2D eigenvalue weighted by atomic mass is 19.1. The summed E-state index contributed by atoms with van der Waals surface area (Å²) < 4.78 is 13.3. The molecule has 1 saturated heterocycles. The number of nitrogens with zero attached hydrogens (tertiary/aromatic N) is 3. The average molecular weight is 396 g/mol. The van der Waals surface area contributed by atoms with E-state index in [0.717, 1.165) is 37.7 Å². The molecule has 0 spiro atoms. The fraction of sp³-hybridized carbons (Fsp3) is 0.429. The van der Waals surface area contributed by atoms with E-state index >= 15 is 0 Å². The number of nitrogens with two attached hydrogens (primary N) is 1. The maximum atomic E-state index is 13.3. The zero-order valence-corrected chi connectivity index (χ0v) is 16.1. The van der Waals surface area contributed by atoms with Crippen molar-refractivity contribution >= 4 is 23.9 Å². The summed E-state index contributed by atoms with van der Waals surface area (Å²) in [5.74, 6) is 0.518. The van der Waals surface area contributed by atoms with E-state index in [2.05, 4.69) is 15.3 Å². The van der Waals surface area contributed by atoms with E-state index in [1.165, 1.54) is 6.21 Å². The van der Waals surface area contributed by atoms with Crippen LogP contribution in [-0.4, -0.2) is 35.2 Å². The SMILES string of the molecule is N=CCC(NC(=O)C1CC2CN(c3ncc(F)c(N)n3)CC2C1)c1ccccc1. The predicted octanol–water partition coefficient (Wildman–Crippen LogP) is 2.56. The fourth-order valence-electron chi connectivity index (χ4n) is 4.57. The third kappa shape index (κ3) is 4.06. The molecule has 3 atom stereocenters. The molecular weight excluding hydrogens is 371 g/mol. The molecule has 7 nitrogen and oxygen atoms in total. The van der Waals surface area contributed by atoms with Gasteiger partial charge in [0.2, 0.25) is 11.9 Å². The van der Waals surface area contributed by atoms with Gasteiger partial charge >= 0.3 is 0 Å². The van der Waals surface area contributed by atoms with Crippen LogP contribution < -0.4 is 16.0 Å². The Morgan fingerprint density at radius 2 is 2.00 bits per heavy atom. The molecule has 1 saturated carbocycles. The molecule has 0 bridgehead atoms. The Bertz CT molecular complexity index is 878. The molecule has 1 aliphatic carbocycles. The van der Waals surface area contributed by atoms with Crippen molar-refractivity contribution in [3.05, 3.63) is 47.9 Å². The topological polar surface area (TPSA) is 108 Å². The lowest BCUT2D eigenvalue weighted by Crippen LogP contribution is -2.34. The molecule has 29 heavy (non-hydrogen) atoms. The van der Waals surface area contributed by atoms with Gasteiger partial charge in [-0.05, 0) is 36.5 Å². The Labute approximate surface area is 169 Å². The van der Waals surface area contributed by atoms with E-state index in [9.17, 15) is 9.18 Å². The lowest BCUT2D eigenvalue weighted by Gasteiger charge is -2.22. The molecule has 1 aliphatic heterocycles. The Morgan fingerprint density at radius 3 is 2.62 bits per heavy atom. The van der Waals surface area contributed by atoms with Crippen LogP contribution in [0, 0.1) is 29.0 Å². The van der Waals surface area contributed by atoms with Crippen LogP contribution in [0.4, 0.5) is 16.2 Å². The first-order valence-electron chi connectivity index (χ1n) is 9.92. The van der Waals surface area contributed by atoms with Gasteiger partial charge in [0.15, 0.2) is 11.6 Å². The number of fused-ring (bicyclic) bond motifs is 1. The van der Waals surface area contributed by atoms with E-state index in [4.69, 9.17) is 11.1 Å². The number of aromatic nitrogens is 2. The molecule has 152 valence electrons. The maximum absolute atomic E-state index is 13.3. The van der Waals surface area contributed by atoms with Crippen LogP contribution in [-0.2, 0) is 4.79 Å². The van der Waals surface area contributed by atoms with Crippen molar-refractivity contribution in [2.75, 3.05) is 23.7 Å². The van der Waals surface area contributed by atoms with Gasteiger partial charge in [-0.1, -0.05) is 30.3 Å².